The number of pyridine rings is 1. The Kier molecular flexibility index (Phi) is 2.68. The molecule has 0 fully saturated rings. The smallest absolute Gasteiger partial charge is 0.250 e. The van der Waals surface area contributed by atoms with Gasteiger partial charge in [0.25, 0.3) is 0 Å². The van der Waals surface area contributed by atoms with Crippen molar-refractivity contribution >= 4 is 22.5 Å². The molecule has 80 valence electrons. The number of anilines is 1. The lowest BCUT2D eigenvalue weighted by Crippen LogP contribution is -2.23. The summed E-state index contributed by atoms with van der Waals surface area (Å²) in [4.78, 5) is 17.2. The zero-order chi connectivity index (χ0) is 11.5. The lowest BCUT2D eigenvalue weighted by molar-refractivity contribution is -0.113. The zero-order valence-electron chi connectivity index (χ0n) is 9.05. The molecule has 0 aliphatic heterocycles. The van der Waals surface area contributed by atoms with Gasteiger partial charge in [-0.2, -0.15) is 0 Å². The fourth-order valence-electron chi connectivity index (χ4n) is 1.54. The van der Waals surface area contributed by atoms with Crippen molar-refractivity contribution in [3.05, 3.63) is 49.2 Å². The fraction of sp³-hybridized carbons (Fsp3) is 0.0769. The summed E-state index contributed by atoms with van der Waals surface area (Å²) in [6.45, 7) is 3.47. The van der Waals surface area contributed by atoms with E-state index in [9.17, 15) is 4.79 Å². The highest BCUT2D eigenvalue weighted by atomic mass is 16.2. The molecule has 1 amide bonds. The third-order valence-corrected chi connectivity index (χ3v) is 2.48. The molecule has 0 aliphatic rings. The molecule has 0 unspecified atom stereocenters. The summed E-state index contributed by atoms with van der Waals surface area (Å²) >= 11 is 0. The molecule has 0 atom stereocenters. The first-order chi connectivity index (χ1) is 7.72. The molecular weight excluding hydrogens is 200 g/mol. The number of carbonyl (C=O) groups excluding carboxylic acids is 1. The van der Waals surface area contributed by atoms with Gasteiger partial charge in [-0.15, -0.1) is 0 Å². The standard InChI is InChI=1S/C13H12N2O/c1-3-13(16)15(2)11-6-7-12-10(9-11)5-4-8-14-12/h3-9H,1H2,2H3. The van der Waals surface area contributed by atoms with E-state index in [4.69, 9.17) is 0 Å². The van der Waals surface area contributed by atoms with Crippen LogP contribution in [0.25, 0.3) is 10.9 Å². The van der Waals surface area contributed by atoms with Gasteiger partial charge in [0.15, 0.2) is 0 Å². The third-order valence-electron chi connectivity index (χ3n) is 2.48. The number of aromatic nitrogens is 1. The molecule has 1 heterocycles. The molecule has 0 radical (unpaired) electrons. The summed E-state index contributed by atoms with van der Waals surface area (Å²) in [6, 6.07) is 9.55. The van der Waals surface area contributed by atoms with E-state index in [2.05, 4.69) is 11.6 Å². The molecule has 3 heteroatoms. The molecule has 2 aromatic rings. The second kappa shape index (κ2) is 4.14. The van der Waals surface area contributed by atoms with Gasteiger partial charge >= 0.3 is 0 Å². The van der Waals surface area contributed by atoms with Crippen LogP contribution in [0.5, 0.6) is 0 Å². The topological polar surface area (TPSA) is 33.2 Å². The van der Waals surface area contributed by atoms with E-state index in [1.54, 1.807) is 18.1 Å². The van der Waals surface area contributed by atoms with Crippen molar-refractivity contribution in [1.82, 2.24) is 4.98 Å². The minimum atomic E-state index is -0.122. The molecule has 0 N–H and O–H groups in total. The van der Waals surface area contributed by atoms with Crippen LogP contribution in [-0.4, -0.2) is 17.9 Å². The van der Waals surface area contributed by atoms with Crippen molar-refractivity contribution in [2.24, 2.45) is 0 Å². The van der Waals surface area contributed by atoms with Gasteiger partial charge in [0.05, 0.1) is 5.52 Å². The van der Waals surface area contributed by atoms with Gasteiger partial charge in [-0.3, -0.25) is 9.78 Å². The Morgan fingerprint density at radius 1 is 1.44 bits per heavy atom. The molecule has 0 spiro atoms. The number of nitrogens with zero attached hydrogens (tertiary/aromatic N) is 2. The van der Waals surface area contributed by atoms with E-state index < -0.39 is 0 Å². The van der Waals surface area contributed by atoms with Crippen LogP contribution in [0.2, 0.25) is 0 Å². The largest absolute Gasteiger partial charge is 0.312 e. The Hall–Kier alpha value is -2.16. The summed E-state index contributed by atoms with van der Waals surface area (Å²) in [5.41, 5.74) is 1.76. The Labute approximate surface area is 94.0 Å². The van der Waals surface area contributed by atoms with Gasteiger partial charge in [0, 0.05) is 24.3 Å². The average molecular weight is 212 g/mol. The van der Waals surface area contributed by atoms with Crippen LogP contribution in [0.3, 0.4) is 0 Å². The molecule has 0 saturated carbocycles. The van der Waals surface area contributed by atoms with Gasteiger partial charge in [0.1, 0.15) is 0 Å². The van der Waals surface area contributed by atoms with Crippen LogP contribution in [0, 0.1) is 0 Å². The van der Waals surface area contributed by atoms with Crippen molar-refractivity contribution in [2.75, 3.05) is 11.9 Å². The minimum Gasteiger partial charge on any atom is -0.312 e. The maximum Gasteiger partial charge on any atom is 0.250 e. The van der Waals surface area contributed by atoms with Gasteiger partial charge in [0.2, 0.25) is 5.91 Å². The number of hydrogen-bond acceptors (Lipinski definition) is 2. The normalized spacial score (nSPS) is 10.1. The summed E-state index contributed by atoms with van der Waals surface area (Å²) in [6.07, 6.45) is 3.05. The van der Waals surface area contributed by atoms with Gasteiger partial charge in [-0.05, 0) is 30.3 Å². The zero-order valence-corrected chi connectivity index (χ0v) is 9.05. The monoisotopic (exact) mass is 212 g/mol. The second-order valence-corrected chi connectivity index (χ2v) is 3.48. The highest BCUT2D eigenvalue weighted by molar-refractivity contribution is 6.01. The number of hydrogen-bond donors (Lipinski definition) is 0. The van der Waals surface area contributed by atoms with Crippen LogP contribution >= 0.6 is 0 Å². The fourth-order valence-corrected chi connectivity index (χ4v) is 1.54. The van der Waals surface area contributed by atoms with E-state index in [0.717, 1.165) is 16.6 Å². The number of benzene rings is 1. The van der Waals surface area contributed by atoms with Crippen molar-refractivity contribution < 1.29 is 4.79 Å². The second-order valence-electron chi connectivity index (χ2n) is 3.48. The number of carbonyl (C=O) groups is 1. The first-order valence-electron chi connectivity index (χ1n) is 4.97. The SMILES string of the molecule is C=CC(=O)N(C)c1ccc2ncccc2c1. The Morgan fingerprint density at radius 3 is 3.00 bits per heavy atom. The predicted octanol–water partition coefficient (Wildman–Crippen LogP) is 2.38. The first kappa shape index (κ1) is 10.4. The highest BCUT2D eigenvalue weighted by Gasteiger charge is 2.07. The quantitative estimate of drug-likeness (QED) is 0.716. The Bertz CT molecular complexity index is 548. The van der Waals surface area contributed by atoms with Crippen LogP contribution in [0.1, 0.15) is 0 Å². The molecule has 0 bridgehead atoms. The van der Waals surface area contributed by atoms with Gasteiger partial charge in [-0.25, -0.2) is 0 Å². The molecule has 0 aliphatic carbocycles. The average Bonchev–Trinajstić information content (AvgIpc) is 2.36. The van der Waals surface area contributed by atoms with Crippen LogP contribution < -0.4 is 4.90 Å². The molecule has 1 aromatic carbocycles. The Balaban J connectivity index is 2.46. The molecule has 0 saturated heterocycles. The molecule has 2 rings (SSSR count). The number of likely N-dealkylation sites (N-methyl/N-ethyl adjacent to an activating group) is 1. The first-order valence-corrected chi connectivity index (χ1v) is 4.97. The number of fused-ring (bicyclic) bond motifs is 1. The molecule has 16 heavy (non-hydrogen) atoms. The minimum absolute atomic E-state index is 0.122. The maximum atomic E-state index is 11.4. The van der Waals surface area contributed by atoms with E-state index in [1.165, 1.54) is 6.08 Å². The van der Waals surface area contributed by atoms with E-state index in [0.29, 0.717) is 0 Å². The van der Waals surface area contributed by atoms with Crippen molar-refractivity contribution in [3.63, 3.8) is 0 Å². The van der Waals surface area contributed by atoms with Crippen molar-refractivity contribution in [3.8, 4) is 0 Å². The van der Waals surface area contributed by atoms with Gasteiger partial charge < -0.3 is 4.90 Å². The predicted molar refractivity (Wildman–Crippen MR) is 65.4 cm³/mol. The number of rotatable bonds is 2. The van der Waals surface area contributed by atoms with E-state index >= 15 is 0 Å². The summed E-state index contributed by atoms with van der Waals surface area (Å²) in [7, 11) is 1.72. The van der Waals surface area contributed by atoms with Crippen LogP contribution in [-0.2, 0) is 4.79 Å². The summed E-state index contributed by atoms with van der Waals surface area (Å²) in [5, 5.41) is 1.02. The van der Waals surface area contributed by atoms with E-state index in [1.807, 2.05) is 30.3 Å². The lowest BCUT2D eigenvalue weighted by Gasteiger charge is -2.15. The van der Waals surface area contributed by atoms with Crippen LogP contribution in [0.4, 0.5) is 5.69 Å². The van der Waals surface area contributed by atoms with Crippen molar-refractivity contribution in [2.45, 2.75) is 0 Å². The molecular formula is C13H12N2O. The highest BCUT2D eigenvalue weighted by Crippen LogP contribution is 2.19. The summed E-state index contributed by atoms with van der Waals surface area (Å²) < 4.78 is 0. The molecule has 1 aromatic heterocycles. The maximum absolute atomic E-state index is 11.4. The third kappa shape index (κ3) is 1.80. The summed E-state index contributed by atoms with van der Waals surface area (Å²) in [5.74, 6) is -0.122. The van der Waals surface area contributed by atoms with Crippen molar-refractivity contribution in [1.29, 1.82) is 0 Å². The molecule has 3 nitrogen and oxygen atoms in total. The van der Waals surface area contributed by atoms with Gasteiger partial charge in [-0.1, -0.05) is 12.6 Å². The number of amides is 1. The van der Waals surface area contributed by atoms with E-state index in [-0.39, 0.29) is 5.91 Å². The lowest BCUT2D eigenvalue weighted by atomic mass is 10.2. The van der Waals surface area contributed by atoms with Crippen LogP contribution in [0.15, 0.2) is 49.2 Å². The Morgan fingerprint density at radius 2 is 2.25 bits per heavy atom.